The number of carbonyl (C=O) groups is 1. The van der Waals surface area contributed by atoms with E-state index in [1.165, 1.54) is 0 Å². The Hall–Kier alpha value is -3.15. The average Bonchev–Trinajstić information content (AvgIpc) is 3.05. The van der Waals surface area contributed by atoms with Gasteiger partial charge in [-0.3, -0.25) is 9.36 Å². The second-order valence-corrected chi connectivity index (χ2v) is 4.87. The number of nitrogens with one attached hydrogen (secondary N) is 1. The fourth-order valence-electron chi connectivity index (χ4n) is 2.06. The Bertz CT molecular complexity index is 796. The zero-order chi connectivity index (χ0) is 15.5. The molecule has 1 heterocycles. The summed E-state index contributed by atoms with van der Waals surface area (Å²) in [6, 6.07) is 12.0. The predicted octanol–water partition coefficient (Wildman–Crippen LogP) is 2.53. The van der Waals surface area contributed by atoms with Crippen LogP contribution >= 0.6 is 0 Å². The van der Waals surface area contributed by atoms with Crippen molar-refractivity contribution in [2.75, 3.05) is 5.32 Å². The molecule has 3 rings (SSSR count). The molecule has 0 saturated carbocycles. The molecule has 110 valence electrons. The van der Waals surface area contributed by atoms with Gasteiger partial charge in [-0.2, -0.15) is 0 Å². The number of phenols is 1. The highest BCUT2D eigenvalue weighted by molar-refractivity contribution is 6.04. The number of rotatable bonds is 3. The Labute approximate surface area is 127 Å². The van der Waals surface area contributed by atoms with Crippen LogP contribution in [0.2, 0.25) is 0 Å². The van der Waals surface area contributed by atoms with E-state index in [0.29, 0.717) is 16.8 Å². The van der Waals surface area contributed by atoms with Gasteiger partial charge in [0.25, 0.3) is 5.91 Å². The minimum Gasteiger partial charge on any atom is -0.508 e. The smallest absolute Gasteiger partial charge is 0.255 e. The fourth-order valence-corrected chi connectivity index (χ4v) is 2.06. The lowest BCUT2D eigenvalue weighted by atomic mass is 10.1. The summed E-state index contributed by atoms with van der Waals surface area (Å²) in [5.41, 5.74) is 2.77. The Morgan fingerprint density at radius 3 is 2.41 bits per heavy atom. The lowest BCUT2D eigenvalue weighted by molar-refractivity contribution is 0.102. The summed E-state index contributed by atoms with van der Waals surface area (Å²) in [6.45, 7) is 1.78. The number of carbonyl (C=O) groups excluding carboxylic acids is 1. The van der Waals surface area contributed by atoms with Crippen molar-refractivity contribution < 1.29 is 9.90 Å². The van der Waals surface area contributed by atoms with Crippen molar-refractivity contribution in [2.45, 2.75) is 6.92 Å². The number of amides is 1. The molecule has 0 fully saturated rings. The molecule has 0 spiro atoms. The second kappa shape index (κ2) is 5.69. The molecule has 6 heteroatoms. The van der Waals surface area contributed by atoms with Crippen molar-refractivity contribution in [3.05, 3.63) is 66.2 Å². The van der Waals surface area contributed by atoms with Gasteiger partial charge < -0.3 is 10.4 Å². The van der Waals surface area contributed by atoms with Gasteiger partial charge in [0, 0.05) is 16.9 Å². The first kappa shape index (κ1) is 13.8. The van der Waals surface area contributed by atoms with Gasteiger partial charge in [-0.25, -0.2) is 0 Å². The van der Waals surface area contributed by atoms with Crippen LogP contribution in [0, 0.1) is 6.92 Å². The zero-order valence-corrected chi connectivity index (χ0v) is 11.9. The number of aryl methyl sites for hydroxylation is 1. The molecule has 6 nitrogen and oxygen atoms in total. The largest absolute Gasteiger partial charge is 0.508 e. The van der Waals surface area contributed by atoms with Gasteiger partial charge in [-0.1, -0.05) is 0 Å². The second-order valence-electron chi connectivity index (χ2n) is 4.87. The Morgan fingerprint density at radius 1 is 1.09 bits per heavy atom. The Balaban J connectivity index is 1.76. The van der Waals surface area contributed by atoms with Crippen molar-refractivity contribution in [1.29, 1.82) is 0 Å². The highest BCUT2D eigenvalue weighted by Crippen LogP contribution is 2.20. The van der Waals surface area contributed by atoms with E-state index in [1.54, 1.807) is 54.5 Å². The molecule has 0 atom stereocenters. The monoisotopic (exact) mass is 294 g/mol. The van der Waals surface area contributed by atoms with Gasteiger partial charge in [0.05, 0.1) is 0 Å². The molecule has 0 radical (unpaired) electrons. The standard InChI is InChI=1S/C16H14N4O2/c1-11-8-13(4-7-15(11)21)19-16(22)12-2-5-14(6-3-12)20-9-17-18-10-20/h2-10,21H,1H3,(H,19,22). The van der Waals surface area contributed by atoms with E-state index < -0.39 is 0 Å². The van der Waals surface area contributed by atoms with Crippen LogP contribution in [0.25, 0.3) is 5.69 Å². The molecule has 3 aromatic rings. The number of aromatic hydroxyl groups is 1. The summed E-state index contributed by atoms with van der Waals surface area (Å²) in [6.07, 6.45) is 3.18. The summed E-state index contributed by atoms with van der Waals surface area (Å²) in [4.78, 5) is 12.2. The number of phenolic OH excluding ortho intramolecular Hbond substituents is 1. The van der Waals surface area contributed by atoms with Crippen molar-refractivity contribution in [2.24, 2.45) is 0 Å². The maximum atomic E-state index is 12.2. The minimum atomic E-state index is -0.208. The third-order valence-electron chi connectivity index (χ3n) is 3.30. The zero-order valence-electron chi connectivity index (χ0n) is 11.9. The number of anilines is 1. The molecule has 1 aromatic heterocycles. The topological polar surface area (TPSA) is 80.0 Å². The van der Waals surface area contributed by atoms with Crippen LogP contribution in [0.4, 0.5) is 5.69 Å². The van der Waals surface area contributed by atoms with Gasteiger partial charge in [-0.15, -0.1) is 10.2 Å². The summed E-state index contributed by atoms with van der Waals surface area (Å²) in [5, 5.41) is 19.8. The van der Waals surface area contributed by atoms with E-state index in [4.69, 9.17) is 0 Å². The molecule has 0 aliphatic rings. The lowest BCUT2D eigenvalue weighted by Gasteiger charge is -2.08. The first-order chi connectivity index (χ1) is 10.6. The van der Waals surface area contributed by atoms with Crippen LogP contribution in [-0.4, -0.2) is 25.8 Å². The first-order valence-electron chi connectivity index (χ1n) is 6.69. The SMILES string of the molecule is Cc1cc(NC(=O)c2ccc(-n3cnnc3)cc2)ccc1O. The number of hydrogen-bond donors (Lipinski definition) is 2. The van der Waals surface area contributed by atoms with Gasteiger partial charge in [-0.05, 0) is 55.0 Å². The molecule has 0 aliphatic heterocycles. The van der Waals surface area contributed by atoms with Crippen LogP contribution in [0.5, 0.6) is 5.75 Å². The fraction of sp³-hybridized carbons (Fsp3) is 0.0625. The molecule has 2 aromatic carbocycles. The van der Waals surface area contributed by atoms with E-state index in [0.717, 1.165) is 5.69 Å². The quantitative estimate of drug-likeness (QED) is 0.727. The Morgan fingerprint density at radius 2 is 1.77 bits per heavy atom. The molecule has 0 saturated heterocycles. The summed E-state index contributed by atoms with van der Waals surface area (Å²) >= 11 is 0. The Kier molecular flexibility index (Phi) is 3.57. The van der Waals surface area contributed by atoms with Crippen molar-refractivity contribution in [1.82, 2.24) is 14.8 Å². The average molecular weight is 294 g/mol. The van der Waals surface area contributed by atoms with Gasteiger partial charge in [0.15, 0.2) is 0 Å². The number of benzene rings is 2. The maximum Gasteiger partial charge on any atom is 0.255 e. The molecular weight excluding hydrogens is 280 g/mol. The third kappa shape index (κ3) is 2.80. The first-order valence-corrected chi connectivity index (χ1v) is 6.69. The minimum absolute atomic E-state index is 0.205. The van der Waals surface area contributed by atoms with Crippen molar-refractivity contribution in [3.8, 4) is 11.4 Å². The third-order valence-corrected chi connectivity index (χ3v) is 3.30. The van der Waals surface area contributed by atoms with Crippen molar-refractivity contribution >= 4 is 11.6 Å². The number of aromatic nitrogens is 3. The van der Waals surface area contributed by atoms with Gasteiger partial charge in [0.2, 0.25) is 0 Å². The number of hydrogen-bond acceptors (Lipinski definition) is 4. The summed E-state index contributed by atoms with van der Waals surface area (Å²) in [5.74, 6) is -0.00307. The predicted molar refractivity (Wildman–Crippen MR) is 82.2 cm³/mol. The molecule has 0 unspecified atom stereocenters. The highest BCUT2D eigenvalue weighted by Gasteiger charge is 2.07. The van der Waals surface area contributed by atoms with Crippen LogP contribution < -0.4 is 5.32 Å². The van der Waals surface area contributed by atoms with Crippen LogP contribution in [0.3, 0.4) is 0 Å². The van der Waals surface area contributed by atoms with Crippen LogP contribution in [-0.2, 0) is 0 Å². The van der Waals surface area contributed by atoms with E-state index in [9.17, 15) is 9.90 Å². The van der Waals surface area contributed by atoms with E-state index in [1.807, 2.05) is 12.1 Å². The molecular formula is C16H14N4O2. The van der Waals surface area contributed by atoms with Gasteiger partial charge >= 0.3 is 0 Å². The number of nitrogens with zero attached hydrogens (tertiary/aromatic N) is 3. The van der Waals surface area contributed by atoms with E-state index in [2.05, 4.69) is 15.5 Å². The molecule has 0 aliphatic carbocycles. The van der Waals surface area contributed by atoms with E-state index in [-0.39, 0.29) is 11.7 Å². The summed E-state index contributed by atoms with van der Waals surface area (Å²) in [7, 11) is 0. The molecule has 1 amide bonds. The van der Waals surface area contributed by atoms with E-state index >= 15 is 0 Å². The highest BCUT2D eigenvalue weighted by atomic mass is 16.3. The maximum absolute atomic E-state index is 12.2. The molecule has 0 bridgehead atoms. The lowest BCUT2D eigenvalue weighted by Crippen LogP contribution is -2.12. The van der Waals surface area contributed by atoms with Crippen molar-refractivity contribution in [3.63, 3.8) is 0 Å². The van der Waals surface area contributed by atoms with Crippen LogP contribution in [0.15, 0.2) is 55.1 Å². The normalized spacial score (nSPS) is 10.4. The summed E-state index contributed by atoms with van der Waals surface area (Å²) < 4.78 is 1.75. The van der Waals surface area contributed by atoms with Gasteiger partial charge in [0.1, 0.15) is 18.4 Å². The van der Waals surface area contributed by atoms with Crippen LogP contribution in [0.1, 0.15) is 15.9 Å². The molecule has 22 heavy (non-hydrogen) atoms. The molecule has 2 N–H and O–H groups in total.